The molecule has 160 valence electrons. The van der Waals surface area contributed by atoms with Crippen molar-refractivity contribution in [3.8, 4) is 0 Å². The van der Waals surface area contributed by atoms with E-state index < -0.39 is 5.41 Å². The summed E-state index contributed by atoms with van der Waals surface area (Å²) in [5.41, 5.74) is -1.03. The molecule has 0 aromatic heterocycles. The van der Waals surface area contributed by atoms with E-state index in [1.807, 2.05) is 0 Å². The van der Waals surface area contributed by atoms with E-state index in [1.54, 1.807) is 0 Å². The van der Waals surface area contributed by atoms with Crippen LogP contribution in [0.4, 0.5) is 0 Å². The van der Waals surface area contributed by atoms with Crippen LogP contribution in [0.5, 0.6) is 0 Å². The lowest BCUT2D eigenvalue weighted by molar-refractivity contribution is -0.175. The van der Waals surface area contributed by atoms with E-state index in [4.69, 9.17) is 9.47 Å². The number of ether oxygens (including phenoxy) is 2. The van der Waals surface area contributed by atoms with Gasteiger partial charge in [0.15, 0.2) is 5.41 Å². The van der Waals surface area contributed by atoms with Crippen molar-refractivity contribution >= 4 is 11.9 Å². The fraction of sp³-hybridized carbons (Fsp3) is 0.917. The van der Waals surface area contributed by atoms with Crippen LogP contribution >= 0.6 is 0 Å². The maximum atomic E-state index is 12.8. The minimum Gasteiger partial charge on any atom is -0.465 e. The molecule has 3 fully saturated rings. The van der Waals surface area contributed by atoms with Gasteiger partial charge in [-0.2, -0.15) is 0 Å². The Morgan fingerprint density at radius 2 is 1.11 bits per heavy atom. The zero-order valence-electron chi connectivity index (χ0n) is 17.7. The molecule has 28 heavy (non-hydrogen) atoms. The van der Waals surface area contributed by atoms with E-state index in [9.17, 15) is 9.59 Å². The molecule has 0 amide bonds. The number of hydrogen-bond acceptors (Lipinski definition) is 4. The fourth-order valence-corrected chi connectivity index (χ4v) is 4.49. The molecule has 0 unspecified atom stereocenters. The molecular formula is C24H40O4. The van der Waals surface area contributed by atoms with Crippen molar-refractivity contribution < 1.29 is 19.1 Å². The largest absolute Gasteiger partial charge is 0.465 e. The number of hydrogen-bond donors (Lipinski definition) is 0. The minimum atomic E-state index is -1.03. The van der Waals surface area contributed by atoms with Crippen molar-refractivity contribution in [3.63, 3.8) is 0 Å². The Bertz CT molecular complexity index is 449. The number of esters is 2. The van der Waals surface area contributed by atoms with Crippen LogP contribution in [0.2, 0.25) is 0 Å². The normalized spacial score (nSPS) is 21.3. The lowest BCUT2D eigenvalue weighted by Gasteiger charge is -2.32. The van der Waals surface area contributed by atoms with Gasteiger partial charge in [-0.1, -0.05) is 83.5 Å². The molecule has 0 aromatic rings. The first-order valence-corrected chi connectivity index (χ1v) is 12.1. The van der Waals surface area contributed by atoms with Gasteiger partial charge in [0.2, 0.25) is 0 Å². The molecule has 3 aliphatic rings. The summed E-state index contributed by atoms with van der Waals surface area (Å²) in [7, 11) is 0. The molecule has 3 aliphatic carbocycles. The van der Waals surface area contributed by atoms with Crippen LogP contribution in [0.15, 0.2) is 0 Å². The van der Waals surface area contributed by atoms with Crippen LogP contribution in [0, 0.1) is 17.3 Å². The van der Waals surface area contributed by atoms with Crippen molar-refractivity contribution in [1.29, 1.82) is 0 Å². The summed E-state index contributed by atoms with van der Waals surface area (Å²) in [6.07, 6.45) is 18.9. The molecule has 0 radical (unpaired) electrons. The molecule has 0 saturated heterocycles. The van der Waals surface area contributed by atoms with Crippen LogP contribution in [-0.4, -0.2) is 25.2 Å². The first-order valence-electron chi connectivity index (χ1n) is 12.1. The summed E-state index contributed by atoms with van der Waals surface area (Å²) in [6.45, 7) is 0.888. The average Bonchev–Trinajstić information content (AvgIpc) is 3.62. The molecule has 0 heterocycles. The van der Waals surface area contributed by atoms with E-state index in [2.05, 4.69) is 0 Å². The maximum Gasteiger partial charge on any atom is 0.323 e. The van der Waals surface area contributed by atoms with E-state index >= 15 is 0 Å². The third-order valence-corrected chi connectivity index (χ3v) is 6.86. The highest BCUT2D eigenvalue weighted by atomic mass is 16.6. The first-order chi connectivity index (χ1) is 13.7. The molecule has 3 saturated carbocycles. The summed E-state index contributed by atoms with van der Waals surface area (Å²) in [6, 6.07) is 0. The maximum absolute atomic E-state index is 12.8. The lowest BCUT2D eigenvalue weighted by atomic mass is 9.74. The number of rotatable bonds is 14. The van der Waals surface area contributed by atoms with Gasteiger partial charge in [-0.3, -0.25) is 9.59 Å². The highest BCUT2D eigenvalue weighted by Gasteiger charge is 2.49. The Labute approximate surface area is 171 Å². The second-order valence-electron chi connectivity index (χ2n) is 9.50. The van der Waals surface area contributed by atoms with Gasteiger partial charge in [0.05, 0.1) is 13.2 Å². The SMILES string of the molecule is O=C(OCCCCCC1CC1)C1(C(=O)OCCCCCC2CC2)CCCCC1. The molecule has 3 rings (SSSR count). The van der Waals surface area contributed by atoms with Crippen molar-refractivity contribution in [2.24, 2.45) is 17.3 Å². The molecule has 4 heteroatoms. The first kappa shape index (κ1) is 21.6. The molecule has 0 aliphatic heterocycles. The van der Waals surface area contributed by atoms with Gasteiger partial charge in [0, 0.05) is 0 Å². The molecule has 0 N–H and O–H groups in total. The minimum absolute atomic E-state index is 0.326. The Balaban J connectivity index is 1.34. The van der Waals surface area contributed by atoms with Gasteiger partial charge in [0.1, 0.15) is 0 Å². The van der Waals surface area contributed by atoms with Gasteiger partial charge in [-0.15, -0.1) is 0 Å². The second kappa shape index (κ2) is 11.2. The summed E-state index contributed by atoms with van der Waals surface area (Å²) < 4.78 is 11.1. The van der Waals surface area contributed by atoms with Crippen LogP contribution < -0.4 is 0 Å². The Kier molecular flexibility index (Phi) is 8.66. The molecule has 0 aromatic carbocycles. The third kappa shape index (κ3) is 7.08. The molecule has 0 bridgehead atoms. The van der Waals surface area contributed by atoms with Crippen molar-refractivity contribution in [3.05, 3.63) is 0 Å². The van der Waals surface area contributed by atoms with Crippen LogP contribution in [-0.2, 0) is 19.1 Å². The summed E-state index contributed by atoms with van der Waals surface area (Å²) >= 11 is 0. The van der Waals surface area contributed by atoms with E-state index in [0.29, 0.717) is 26.1 Å². The zero-order valence-corrected chi connectivity index (χ0v) is 17.7. The third-order valence-electron chi connectivity index (χ3n) is 6.86. The van der Waals surface area contributed by atoms with Gasteiger partial charge in [0.25, 0.3) is 0 Å². The summed E-state index contributed by atoms with van der Waals surface area (Å²) in [4.78, 5) is 25.6. The predicted molar refractivity (Wildman–Crippen MR) is 110 cm³/mol. The molecular weight excluding hydrogens is 352 g/mol. The van der Waals surface area contributed by atoms with Crippen molar-refractivity contribution in [1.82, 2.24) is 0 Å². The van der Waals surface area contributed by atoms with Crippen molar-refractivity contribution in [2.45, 2.75) is 109 Å². The predicted octanol–water partition coefficient (Wildman–Crippen LogP) is 5.96. The van der Waals surface area contributed by atoms with Crippen LogP contribution in [0.25, 0.3) is 0 Å². The zero-order chi connectivity index (χ0) is 19.7. The standard InChI is InChI=1S/C24H40O4/c25-22(27-18-8-1-4-10-20-12-13-20)24(16-6-3-7-17-24)23(26)28-19-9-2-5-11-21-14-15-21/h20-21H,1-19H2. The van der Waals surface area contributed by atoms with E-state index in [0.717, 1.165) is 56.8 Å². The van der Waals surface area contributed by atoms with Gasteiger partial charge in [-0.05, 0) is 37.5 Å². The van der Waals surface area contributed by atoms with E-state index in [-0.39, 0.29) is 11.9 Å². The van der Waals surface area contributed by atoms with Gasteiger partial charge in [-0.25, -0.2) is 0 Å². The quantitative estimate of drug-likeness (QED) is 0.208. The second-order valence-corrected chi connectivity index (χ2v) is 9.50. The number of unbranched alkanes of at least 4 members (excludes halogenated alkanes) is 4. The molecule has 4 nitrogen and oxygen atoms in total. The molecule has 0 spiro atoms. The average molecular weight is 393 g/mol. The highest BCUT2D eigenvalue weighted by molar-refractivity contribution is 6.00. The lowest BCUT2D eigenvalue weighted by Crippen LogP contribution is -2.43. The fourth-order valence-electron chi connectivity index (χ4n) is 4.49. The van der Waals surface area contributed by atoms with Crippen LogP contribution in [0.3, 0.4) is 0 Å². The monoisotopic (exact) mass is 392 g/mol. The topological polar surface area (TPSA) is 52.6 Å². The Morgan fingerprint density at radius 1 is 0.643 bits per heavy atom. The van der Waals surface area contributed by atoms with Crippen molar-refractivity contribution in [2.75, 3.05) is 13.2 Å². The van der Waals surface area contributed by atoms with E-state index in [1.165, 1.54) is 51.4 Å². The molecule has 0 atom stereocenters. The number of carbonyl (C=O) groups is 2. The summed E-state index contributed by atoms with van der Waals surface area (Å²) in [5.74, 6) is 1.29. The van der Waals surface area contributed by atoms with Crippen LogP contribution in [0.1, 0.15) is 109 Å². The highest BCUT2D eigenvalue weighted by Crippen LogP contribution is 2.39. The summed E-state index contributed by atoms with van der Waals surface area (Å²) in [5, 5.41) is 0. The smallest absolute Gasteiger partial charge is 0.323 e. The Hall–Kier alpha value is -1.06. The number of carbonyl (C=O) groups excluding carboxylic acids is 2. The van der Waals surface area contributed by atoms with Gasteiger partial charge >= 0.3 is 11.9 Å². The van der Waals surface area contributed by atoms with Gasteiger partial charge < -0.3 is 9.47 Å². The Morgan fingerprint density at radius 3 is 1.54 bits per heavy atom.